The van der Waals surface area contributed by atoms with E-state index in [1.54, 1.807) is 4.68 Å². The van der Waals surface area contributed by atoms with Crippen LogP contribution >= 0.6 is 0 Å². The Morgan fingerprint density at radius 3 is 2.90 bits per heavy atom. The third kappa shape index (κ3) is 3.88. The van der Waals surface area contributed by atoms with Gasteiger partial charge in [0.1, 0.15) is 0 Å². The molecule has 0 aliphatic rings. The summed E-state index contributed by atoms with van der Waals surface area (Å²) in [5, 5.41) is 20.4. The van der Waals surface area contributed by atoms with Gasteiger partial charge in [-0.2, -0.15) is 0 Å². The molecule has 0 spiro atoms. The first-order valence-electron chi connectivity index (χ1n) is 6.99. The minimum Gasteiger partial charge on any atom is -0.396 e. The summed E-state index contributed by atoms with van der Waals surface area (Å²) < 4.78 is 1.77. The van der Waals surface area contributed by atoms with E-state index in [9.17, 15) is 0 Å². The molecule has 0 bridgehead atoms. The first-order chi connectivity index (χ1) is 9.70. The van der Waals surface area contributed by atoms with Crippen molar-refractivity contribution in [3.05, 3.63) is 47.3 Å². The zero-order valence-electron chi connectivity index (χ0n) is 12.1. The van der Waals surface area contributed by atoms with Crippen molar-refractivity contribution < 1.29 is 5.11 Å². The zero-order valence-corrected chi connectivity index (χ0v) is 12.1. The maximum absolute atomic E-state index is 8.79. The normalized spacial score (nSPS) is 12.6. The van der Waals surface area contributed by atoms with E-state index in [-0.39, 0.29) is 12.6 Å². The largest absolute Gasteiger partial charge is 0.396 e. The Balaban J connectivity index is 1.88. The molecule has 0 saturated heterocycles. The predicted molar refractivity (Wildman–Crippen MR) is 78.2 cm³/mol. The summed E-state index contributed by atoms with van der Waals surface area (Å²) in [6.45, 7) is 5.85. The Hall–Kier alpha value is -1.72. The van der Waals surface area contributed by atoms with Crippen LogP contribution in [-0.4, -0.2) is 26.7 Å². The fraction of sp³-hybridized carbons (Fsp3) is 0.467. The van der Waals surface area contributed by atoms with Gasteiger partial charge < -0.3 is 10.4 Å². The number of aromatic nitrogens is 3. The Labute approximate surface area is 119 Å². The van der Waals surface area contributed by atoms with Crippen LogP contribution in [0.25, 0.3) is 0 Å². The lowest BCUT2D eigenvalue weighted by atomic mass is 10.0. The highest BCUT2D eigenvalue weighted by Crippen LogP contribution is 2.16. The van der Waals surface area contributed by atoms with Crippen LogP contribution in [0.4, 0.5) is 0 Å². The van der Waals surface area contributed by atoms with Crippen molar-refractivity contribution in [1.29, 1.82) is 0 Å². The number of aryl methyl sites for hydroxylation is 2. The van der Waals surface area contributed by atoms with Crippen molar-refractivity contribution >= 4 is 0 Å². The molecule has 0 aliphatic heterocycles. The summed E-state index contributed by atoms with van der Waals surface area (Å²) in [7, 11) is 0. The third-order valence-electron chi connectivity index (χ3n) is 3.38. The van der Waals surface area contributed by atoms with Gasteiger partial charge in [0.05, 0.1) is 5.69 Å². The molecule has 2 rings (SSSR count). The third-order valence-corrected chi connectivity index (χ3v) is 3.38. The van der Waals surface area contributed by atoms with Crippen LogP contribution in [0.15, 0.2) is 30.5 Å². The number of nitrogens with zero attached hydrogens (tertiary/aromatic N) is 3. The average molecular weight is 274 g/mol. The summed E-state index contributed by atoms with van der Waals surface area (Å²) in [6, 6.07) is 8.66. The van der Waals surface area contributed by atoms with Crippen molar-refractivity contribution in [3.63, 3.8) is 0 Å². The molecule has 0 radical (unpaired) electrons. The van der Waals surface area contributed by atoms with E-state index < -0.39 is 0 Å². The summed E-state index contributed by atoms with van der Waals surface area (Å²) in [4.78, 5) is 0. The van der Waals surface area contributed by atoms with Gasteiger partial charge in [0.2, 0.25) is 0 Å². The van der Waals surface area contributed by atoms with Gasteiger partial charge >= 0.3 is 0 Å². The molecule has 5 heteroatoms. The summed E-state index contributed by atoms with van der Waals surface area (Å²) in [5.41, 5.74) is 3.52. The molecule has 1 aromatic carbocycles. The molecular formula is C15H22N4O. The lowest BCUT2D eigenvalue weighted by Crippen LogP contribution is -2.19. The van der Waals surface area contributed by atoms with Gasteiger partial charge in [-0.25, -0.2) is 0 Å². The second kappa shape index (κ2) is 7.17. The maximum Gasteiger partial charge on any atom is 0.0965 e. The van der Waals surface area contributed by atoms with E-state index in [0.29, 0.717) is 19.5 Å². The maximum atomic E-state index is 8.79. The molecule has 1 atom stereocenters. The van der Waals surface area contributed by atoms with Gasteiger partial charge in [-0.05, 0) is 31.4 Å². The monoisotopic (exact) mass is 274 g/mol. The van der Waals surface area contributed by atoms with E-state index >= 15 is 0 Å². The van der Waals surface area contributed by atoms with Crippen LogP contribution in [0.3, 0.4) is 0 Å². The number of nitrogens with one attached hydrogen (secondary N) is 1. The molecule has 0 saturated carbocycles. The molecule has 1 heterocycles. The van der Waals surface area contributed by atoms with Gasteiger partial charge in [-0.3, -0.25) is 4.68 Å². The highest BCUT2D eigenvalue weighted by atomic mass is 16.3. The fourth-order valence-corrected chi connectivity index (χ4v) is 2.20. The number of rotatable bonds is 7. The predicted octanol–water partition coefficient (Wildman–Crippen LogP) is 1.82. The van der Waals surface area contributed by atoms with Crippen molar-refractivity contribution in [3.8, 4) is 0 Å². The van der Waals surface area contributed by atoms with Crippen LogP contribution < -0.4 is 5.32 Å². The van der Waals surface area contributed by atoms with Crippen molar-refractivity contribution in [1.82, 2.24) is 20.3 Å². The minimum atomic E-state index is 0.178. The fourth-order valence-electron chi connectivity index (χ4n) is 2.20. The molecular weight excluding hydrogens is 252 g/mol. The van der Waals surface area contributed by atoms with Crippen LogP contribution in [0, 0.1) is 6.92 Å². The van der Waals surface area contributed by atoms with Gasteiger partial charge in [0, 0.05) is 31.9 Å². The second-order valence-electron chi connectivity index (χ2n) is 5.01. The van der Waals surface area contributed by atoms with E-state index in [4.69, 9.17) is 5.11 Å². The zero-order chi connectivity index (χ0) is 14.4. The Morgan fingerprint density at radius 1 is 1.35 bits per heavy atom. The molecule has 0 aliphatic carbocycles. The SMILES string of the molecule is Cc1ccccc1[C@@H](C)NCc1cn(CCCO)nn1. The number of aliphatic hydroxyl groups is 1. The molecule has 0 unspecified atom stereocenters. The molecule has 20 heavy (non-hydrogen) atoms. The van der Waals surface area contributed by atoms with E-state index in [1.165, 1.54) is 11.1 Å². The van der Waals surface area contributed by atoms with Crippen LogP contribution in [0.5, 0.6) is 0 Å². The quantitative estimate of drug-likeness (QED) is 0.808. The number of hydrogen-bond acceptors (Lipinski definition) is 4. The highest BCUT2D eigenvalue weighted by Gasteiger charge is 2.08. The summed E-state index contributed by atoms with van der Waals surface area (Å²) in [5.74, 6) is 0. The van der Waals surface area contributed by atoms with E-state index in [2.05, 4.69) is 53.7 Å². The van der Waals surface area contributed by atoms with Crippen LogP contribution in [0.1, 0.15) is 36.2 Å². The lowest BCUT2D eigenvalue weighted by molar-refractivity contribution is 0.276. The van der Waals surface area contributed by atoms with Crippen molar-refractivity contribution in [2.45, 2.75) is 39.4 Å². The van der Waals surface area contributed by atoms with Gasteiger partial charge in [0.25, 0.3) is 0 Å². The summed E-state index contributed by atoms with van der Waals surface area (Å²) >= 11 is 0. The molecule has 5 nitrogen and oxygen atoms in total. The van der Waals surface area contributed by atoms with Gasteiger partial charge in [-0.1, -0.05) is 29.5 Å². The highest BCUT2D eigenvalue weighted by molar-refractivity contribution is 5.28. The number of aliphatic hydroxyl groups excluding tert-OH is 1. The second-order valence-corrected chi connectivity index (χ2v) is 5.01. The van der Waals surface area contributed by atoms with Gasteiger partial charge in [0.15, 0.2) is 0 Å². The average Bonchev–Trinajstić information content (AvgIpc) is 2.91. The molecule has 0 fully saturated rings. The Morgan fingerprint density at radius 2 is 2.15 bits per heavy atom. The lowest BCUT2D eigenvalue weighted by Gasteiger charge is -2.15. The van der Waals surface area contributed by atoms with Crippen LogP contribution in [0.2, 0.25) is 0 Å². The Kier molecular flexibility index (Phi) is 5.26. The van der Waals surface area contributed by atoms with E-state index in [0.717, 1.165) is 5.69 Å². The van der Waals surface area contributed by atoms with Crippen molar-refractivity contribution in [2.75, 3.05) is 6.61 Å². The molecule has 1 aromatic heterocycles. The summed E-state index contributed by atoms with van der Waals surface area (Å²) in [6.07, 6.45) is 2.63. The standard InChI is InChI=1S/C15H22N4O/c1-12-6-3-4-7-15(12)13(2)16-10-14-11-19(18-17-14)8-5-9-20/h3-4,6-7,11,13,16,20H,5,8-10H2,1-2H3/t13-/m1/s1. The van der Waals surface area contributed by atoms with E-state index in [1.807, 2.05) is 6.20 Å². The molecule has 0 amide bonds. The van der Waals surface area contributed by atoms with Crippen molar-refractivity contribution in [2.24, 2.45) is 0 Å². The Bertz CT molecular complexity index is 538. The number of benzene rings is 1. The molecule has 108 valence electrons. The molecule has 2 aromatic rings. The van der Waals surface area contributed by atoms with Crippen LogP contribution in [-0.2, 0) is 13.1 Å². The number of hydrogen-bond donors (Lipinski definition) is 2. The topological polar surface area (TPSA) is 63.0 Å². The molecule has 2 N–H and O–H groups in total. The van der Waals surface area contributed by atoms with Gasteiger partial charge in [-0.15, -0.1) is 5.10 Å². The smallest absolute Gasteiger partial charge is 0.0965 e. The minimum absolute atomic E-state index is 0.178. The first kappa shape index (κ1) is 14.7. The first-order valence-corrected chi connectivity index (χ1v) is 6.99.